The molecule has 4 atom stereocenters. The maximum absolute atomic E-state index is 12.4. The molecule has 156 valence electrons. The van der Waals surface area contributed by atoms with E-state index in [1.165, 1.54) is 0 Å². The fourth-order valence-corrected chi connectivity index (χ4v) is 3.46. The van der Waals surface area contributed by atoms with Gasteiger partial charge in [0.25, 0.3) is 0 Å². The van der Waals surface area contributed by atoms with Crippen LogP contribution in [0.3, 0.4) is 0 Å². The Morgan fingerprint density at radius 1 is 1.04 bits per heavy atom. The summed E-state index contributed by atoms with van der Waals surface area (Å²) in [5.74, 6) is -1.01. The fraction of sp³-hybridized carbons (Fsp3) is 0.850. The Balaban J connectivity index is 2.42. The van der Waals surface area contributed by atoms with Gasteiger partial charge in [0.2, 0.25) is 11.8 Å². The van der Waals surface area contributed by atoms with Crippen LogP contribution >= 0.6 is 0 Å². The predicted octanol–water partition coefficient (Wildman–Crippen LogP) is 1.90. The van der Waals surface area contributed by atoms with Gasteiger partial charge in [-0.15, -0.1) is 0 Å². The molecule has 0 radical (unpaired) electrons. The van der Waals surface area contributed by atoms with Crippen molar-refractivity contribution in [1.29, 1.82) is 0 Å². The van der Waals surface area contributed by atoms with Gasteiger partial charge < -0.3 is 21.5 Å². The molecule has 27 heavy (non-hydrogen) atoms. The van der Waals surface area contributed by atoms with E-state index in [4.69, 9.17) is 5.73 Å². The van der Waals surface area contributed by atoms with Crippen molar-refractivity contribution in [2.75, 3.05) is 6.54 Å². The summed E-state index contributed by atoms with van der Waals surface area (Å²) < 4.78 is 0. The zero-order chi connectivity index (χ0) is 20.6. The number of carboxylic acid groups (broad SMARTS) is 1. The minimum Gasteiger partial charge on any atom is -0.480 e. The lowest BCUT2D eigenvalue weighted by Gasteiger charge is -2.30. The first-order valence-electron chi connectivity index (χ1n) is 10.3. The Morgan fingerprint density at radius 2 is 1.59 bits per heavy atom. The highest BCUT2D eigenvalue weighted by Crippen LogP contribution is 2.29. The summed E-state index contributed by atoms with van der Waals surface area (Å²) in [6.45, 7) is 8.32. The van der Waals surface area contributed by atoms with Gasteiger partial charge in [-0.25, -0.2) is 4.79 Å². The first-order chi connectivity index (χ1) is 12.7. The Kier molecular flexibility index (Phi) is 9.77. The molecule has 1 fully saturated rings. The highest BCUT2D eigenvalue weighted by atomic mass is 16.4. The molecule has 0 aromatic carbocycles. The molecule has 7 nitrogen and oxygen atoms in total. The van der Waals surface area contributed by atoms with Crippen LogP contribution in [-0.2, 0) is 14.4 Å². The molecule has 2 amide bonds. The molecule has 0 aromatic heterocycles. The Labute approximate surface area is 162 Å². The lowest BCUT2D eigenvalue weighted by molar-refractivity contribution is -0.144. The minimum atomic E-state index is -0.980. The number of amides is 2. The monoisotopic (exact) mass is 383 g/mol. The van der Waals surface area contributed by atoms with Crippen molar-refractivity contribution in [3.05, 3.63) is 0 Å². The lowest BCUT2D eigenvalue weighted by atomic mass is 9.81. The second-order valence-corrected chi connectivity index (χ2v) is 8.08. The maximum atomic E-state index is 12.4. The molecule has 4 unspecified atom stereocenters. The molecule has 0 spiro atoms. The van der Waals surface area contributed by atoms with Gasteiger partial charge in [-0.3, -0.25) is 9.59 Å². The van der Waals surface area contributed by atoms with E-state index in [0.717, 1.165) is 32.1 Å². The van der Waals surface area contributed by atoms with Crippen LogP contribution in [0.1, 0.15) is 66.2 Å². The average Bonchev–Trinajstić information content (AvgIpc) is 2.68. The van der Waals surface area contributed by atoms with Crippen LogP contribution in [0.15, 0.2) is 0 Å². The molecular weight excluding hydrogens is 346 g/mol. The Morgan fingerprint density at radius 3 is 2.07 bits per heavy atom. The Bertz CT molecular complexity index is 503. The van der Waals surface area contributed by atoms with Crippen LogP contribution in [0.4, 0.5) is 0 Å². The minimum absolute atomic E-state index is 0.104. The molecule has 7 heteroatoms. The molecule has 5 N–H and O–H groups in total. The second kappa shape index (κ2) is 11.3. The summed E-state index contributed by atoms with van der Waals surface area (Å²) in [6, 6.07) is -1.31. The van der Waals surface area contributed by atoms with Gasteiger partial charge in [-0.05, 0) is 43.4 Å². The van der Waals surface area contributed by atoms with Crippen molar-refractivity contribution >= 4 is 17.8 Å². The maximum Gasteiger partial charge on any atom is 0.326 e. The van der Waals surface area contributed by atoms with Crippen LogP contribution in [-0.4, -0.2) is 41.5 Å². The highest BCUT2D eigenvalue weighted by Gasteiger charge is 2.31. The normalized spacial score (nSPS) is 24.3. The van der Waals surface area contributed by atoms with Crippen LogP contribution in [0.2, 0.25) is 0 Å². The summed E-state index contributed by atoms with van der Waals surface area (Å²) in [5, 5.41) is 15.0. The third-order valence-corrected chi connectivity index (χ3v) is 6.12. The van der Waals surface area contributed by atoms with Gasteiger partial charge in [0.05, 0.1) is 6.04 Å². The quantitative estimate of drug-likeness (QED) is 0.459. The fourth-order valence-electron chi connectivity index (χ4n) is 3.46. The molecule has 0 saturated heterocycles. The van der Waals surface area contributed by atoms with E-state index in [0.29, 0.717) is 18.9 Å². The summed E-state index contributed by atoms with van der Waals surface area (Å²) in [5.41, 5.74) is 5.94. The van der Waals surface area contributed by atoms with Crippen molar-refractivity contribution in [2.24, 2.45) is 29.4 Å². The van der Waals surface area contributed by atoms with Gasteiger partial charge in [-0.1, -0.05) is 40.5 Å². The smallest absolute Gasteiger partial charge is 0.326 e. The van der Waals surface area contributed by atoms with Gasteiger partial charge in [0.15, 0.2) is 0 Å². The van der Waals surface area contributed by atoms with E-state index >= 15 is 0 Å². The van der Waals surface area contributed by atoms with E-state index in [2.05, 4.69) is 10.6 Å². The number of nitrogens with one attached hydrogen (secondary N) is 2. The SMILES string of the molecule is CCC(C)C(N)C(=O)NCC1CCC(C(=O)NC(C(=O)O)C(C)CC)CC1. The van der Waals surface area contributed by atoms with Crippen LogP contribution in [0, 0.1) is 23.7 Å². The molecule has 0 aromatic rings. The largest absolute Gasteiger partial charge is 0.480 e. The number of carbonyl (C=O) groups excluding carboxylic acids is 2. The molecule has 1 aliphatic carbocycles. The number of hydrogen-bond donors (Lipinski definition) is 4. The number of nitrogens with two attached hydrogens (primary N) is 1. The zero-order valence-electron chi connectivity index (χ0n) is 17.2. The zero-order valence-corrected chi connectivity index (χ0v) is 17.2. The van der Waals surface area contributed by atoms with Crippen molar-refractivity contribution in [3.63, 3.8) is 0 Å². The molecule has 0 heterocycles. The lowest BCUT2D eigenvalue weighted by Crippen LogP contribution is -2.48. The summed E-state index contributed by atoms with van der Waals surface area (Å²) in [4.78, 5) is 35.9. The predicted molar refractivity (Wildman–Crippen MR) is 105 cm³/mol. The molecule has 0 aliphatic heterocycles. The average molecular weight is 384 g/mol. The van der Waals surface area contributed by atoms with E-state index in [1.54, 1.807) is 0 Å². The van der Waals surface area contributed by atoms with Crippen molar-refractivity contribution < 1.29 is 19.5 Å². The van der Waals surface area contributed by atoms with Crippen LogP contribution in [0.5, 0.6) is 0 Å². The number of hydrogen-bond acceptors (Lipinski definition) is 4. The topological polar surface area (TPSA) is 122 Å². The number of rotatable bonds is 10. The van der Waals surface area contributed by atoms with Crippen molar-refractivity contribution in [2.45, 2.75) is 78.3 Å². The molecule has 1 saturated carbocycles. The third kappa shape index (κ3) is 7.13. The number of aliphatic carboxylic acids is 1. The number of carbonyl (C=O) groups is 3. The summed E-state index contributed by atoms with van der Waals surface area (Å²) in [6.07, 6.45) is 4.69. The van der Waals surface area contributed by atoms with E-state index in [9.17, 15) is 19.5 Å². The van der Waals surface area contributed by atoms with E-state index in [-0.39, 0.29) is 29.6 Å². The van der Waals surface area contributed by atoms with Gasteiger partial charge in [-0.2, -0.15) is 0 Å². The third-order valence-electron chi connectivity index (χ3n) is 6.12. The van der Waals surface area contributed by atoms with E-state index in [1.807, 2.05) is 27.7 Å². The molecule has 1 rings (SSSR count). The second-order valence-electron chi connectivity index (χ2n) is 8.08. The standard InChI is InChI=1S/C20H37N3O4/c1-5-12(3)16(21)19(25)22-11-14-7-9-15(10-8-14)18(24)23-17(20(26)27)13(4)6-2/h12-17H,5-11,21H2,1-4H3,(H,22,25)(H,23,24)(H,26,27). The van der Waals surface area contributed by atoms with Gasteiger partial charge >= 0.3 is 5.97 Å². The van der Waals surface area contributed by atoms with Crippen LogP contribution < -0.4 is 16.4 Å². The summed E-state index contributed by atoms with van der Waals surface area (Å²) in [7, 11) is 0. The Hall–Kier alpha value is -1.63. The molecule has 0 bridgehead atoms. The van der Waals surface area contributed by atoms with Gasteiger partial charge in [0, 0.05) is 12.5 Å². The van der Waals surface area contributed by atoms with Crippen molar-refractivity contribution in [1.82, 2.24) is 10.6 Å². The highest BCUT2D eigenvalue weighted by molar-refractivity contribution is 5.85. The van der Waals surface area contributed by atoms with Gasteiger partial charge in [0.1, 0.15) is 6.04 Å². The summed E-state index contributed by atoms with van der Waals surface area (Å²) >= 11 is 0. The first-order valence-corrected chi connectivity index (χ1v) is 10.3. The molecular formula is C20H37N3O4. The van der Waals surface area contributed by atoms with Crippen molar-refractivity contribution in [3.8, 4) is 0 Å². The van der Waals surface area contributed by atoms with Crippen LogP contribution in [0.25, 0.3) is 0 Å². The first kappa shape index (κ1) is 23.4. The molecule has 1 aliphatic rings. The number of carboxylic acids is 1. The van der Waals surface area contributed by atoms with E-state index < -0.39 is 18.1 Å².